The van der Waals surface area contributed by atoms with Crippen LogP contribution in [0.25, 0.3) is 0 Å². The van der Waals surface area contributed by atoms with Gasteiger partial charge >= 0.3 is 5.97 Å². The molecule has 1 amide bonds. The van der Waals surface area contributed by atoms with Crippen LogP contribution in [0.3, 0.4) is 0 Å². The number of amides is 1. The Kier molecular flexibility index (Phi) is 7.26. The van der Waals surface area contributed by atoms with Crippen LogP contribution in [0.2, 0.25) is 0 Å². The molecule has 0 spiro atoms. The average Bonchev–Trinajstić information content (AvgIpc) is 2.68. The van der Waals surface area contributed by atoms with Gasteiger partial charge in [-0.05, 0) is 51.1 Å². The van der Waals surface area contributed by atoms with Gasteiger partial charge in [0.05, 0.1) is 31.6 Å². The molecule has 2 rings (SSSR count). The summed E-state index contributed by atoms with van der Waals surface area (Å²) in [6, 6.07) is 11.7. The second-order valence-electron chi connectivity index (χ2n) is 6.27. The summed E-state index contributed by atoms with van der Waals surface area (Å²) in [5, 5.41) is 2.69. The number of carbonyl (C=O) groups excluding carboxylic acids is 2. The second kappa shape index (κ2) is 9.64. The fraction of sp³-hybridized carbons (Fsp3) is 0.333. The van der Waals surface area contributed by atoms with Crippen LogP contribution in [0.5, 0.6) is 17.2 Å². The summed E-state index contributed by atoms with van der Waals surface area (Å²) in [5.41, 5.74) is 0.750. The molecular formula is C21H25NO6. The first kappa shape index (κ1) is 21.1. The highest BCUT2D eigenvalue weighted by Crippen LogP contribution is 2.29. The molecule has 0 aliphatic carbocycles. The number of hydrogen-bond acceptors (Lipinski definition) is 6. The SMILES string of the molecule is COc1ccccc1NC(=O)C(C)OC(=O)c1ccc(OC(C)C)c(OC)c1. The summed E-state index contributed by atoms with van der Waals surface area (Å²) in [4.78, 5) is 24.8. The maximum Gasteiger partial charge on any atom is 0.339 e. The Morgan fingerprint density at radius 2 is 1.57 bits per heavy atom. The summed E-state index contributed by atoms with van der Waals surface area (Å²) in [7, 11) is 3.00. The van der Waals surface area contributed by atoms with E-state index in [0.29, 0.717) is 22.9 Å². The molecule has 0 heterocycles. The van der Waals surface area contributed by atoms with Crippen molar-refractivity contribution >= 4 is 17.6 Å². The van der Waals surface area contributed by atoms with Crippen molar-refractivity contribution in [1.82, 2.24) is 0 Å². The van der Waals surface area contributed by atoms with Gasteiger partial charge in [0.2, 0.25) is 0 Å². The Labute approximate surface area is 164 Å². The number of para-hydroxylation sites is 2. The standard InChI is InChI=1S/C21H25NO6/c1-13(2)27-18-11-10-15(12-19(18)26-5)21(24)28-14(3)20(23)22-16-8-6-7-9-17(16)25-4/h6-14H,1-5H3,(H,22,23). The molecule has 0 aromatic heterocycles. The first-order valence-electron chi connectivity index (χ1n) is 8.85. The number of benzene rings is 2. The van der Waals surface area contributed by atoms with Gasteiger partial charge in [-0.15, -0.1) is 0 Å². The summed E-state index contributed by atoms with van der Waals surface area (Å²) in [5.74, 6) is 0.340. The molecule has 1 N–H and O–H groups in total. The maximum absolute atomic E-state index is 12.4. The van der Waals surface area contributed by atoms with Gasteiger partial charge in [-0.1, -0.05) is 12.1 Å². The van der Waals surface area contributed by atoms with Crippen molar-refractivity contribution in [3.8, 4) is 17.2 Å². The molecule has 0 aliphatic rings. The fourth-order valence-electron chi connectivity index (χ4n) is 2.41. The quantitative estimate of drug-likeness (QED) is 0.696. The number of esters is 1. The van der Waals surface area contributed by atoms with Crippen LogP contribution in [0.1, 0.15) is 31.1 Å². The molecule has 28 heavy (non-hydrogen) atoms. The Hall–Kier alpha value is -3.22. The third-order valence-corrected chi connectivity index (χ3v) is 3.78. The zero-order valence-corrected chi connectivity index (χ0v) is 16.6. The highest BCUT2D eigenvalue weighted by atomic mass is 16.5. The van der Waals surface area contributed by atoms with Gasteiger partial charge in [-0.2, -0.15) is 0 Å². The molecule has 2 aromatic rings. The predicted octanol–water partition coefficient (Wildman–Crippen LogP) is 3.68. The maximum atomic E-state index is 12.4. The van der Waals surface area contributed by atoms with Crippen molar-refractivity contribution in [2.45, 2.75) is 33.0 Å². The number of carbonyl (C=O) groups is 2. The van der Waals surface area contributed by atoms with Crippen molar-refractivity contribution in [2.24, 2.45) is 0 Å². The van der Waals surface area contributed by atoms with Crippen LogP contribution >= 0.6 is 0 Å². The molecule has 0 saturated carbocycles. The van der Waals surface area contributed by atoms with E-state index in [0.717, 1.165) is 0 Å². The topological polar surface area (TPSA) is 83.1 Å². The van der Waals surface area contributed by atoms with E-state index in [-0.39, 0.29) is 11.7 Å². The van der Waals surface area contributed by atoms with E-state index in [2.05, 4.69) is 5.32 Å². The normalized spacial score (nSPS) is 11.5. The number of methoxy groups -OCH3 is 2. The van der Waals surface area contributed by atoms with E-state index in [1.807, 2.05) is 13.8 Å². The zero-order chi connectivity index (χ0) is 20.7. The first-order chi connectivity index (χ1) is 13.3. The van der Waals surface area contributed by atoms with Crippen LogP contribution < -0.4 is 19.5 Å². The molecular weight excluding hydrogens is 362 g/mol. The summed E-state index contributed by atoms with van der Waals surface area (Å²) >= 11 is 0. The smallest absolute Gasteiger partial charge is 0.339 e. The summed E-state index contributed by atoms with van der Waals surface area (Å²) in [6.07, 6.45) is -1.04. The lowest BCUT2D eigenvalue weighted by atomic mass is 10.2. The van der Waals surface area contributed by atoms with Crippen LogP contribution in [0.4, 0.5) is 5.69 Å². The van der Waals surface area contributed by atoms with Crippen molar-refractivity contribution in [3.05, 3.63) is 48.0 Å². The number of rotatable bonds is 8. The van der Waals surface area contributed by atoms with E-state index < -0.39 is 18.0 Å². The number of anilines is 1. The van der Waals surface area contributed by atoms with E-state index in [1.54, 1.807) is 36.4 Å². The van der Waals surface area contributed by atoms with E-state index >= 15 is 0 Å². The molecule has 1 unspecified atom stereocenters. The molecule has 7 heteroatoms. The molecule has 1 atom stereocenters. The van der Waals surface area contributed by atoms with Crippen molar-refractivity contribution in [3.63, 3.8) is 0 Å². The highest BCUT2D eigenvalue weighted by Gasteiger charge is 2.21. The van der Waals surface area contributed by atoms with Crippen molar-refractivity contribution < 1.29 is 28.5 Å². The van der Waals surface area contributed by atoms with Crippen LogP contribution in [-0.2, 0) is 9.53 Å². The van der Waals surface area contributed by atoms with Crippen LogP contribution in [0, 0.1) is 0 Å². The van der Waals surface area contributed by atoms with E-state index in [9.17, 15) is 9.59 Å². The lowest BCUT2D eigenvalue weighted by Gasteiger charge is -2.16. The lowest BCUT2D eigenvalue weighted by molar-refractivity contribution is -0.123. The van der Waals surface area contributed by atoms with Gasteiger partial charge in [0, 0.05) is 0 Å². The van der Waals surface area contributed by atoms with Gasteiger partial charge in [-0.3, -0.25) is 4.79 Å². The molecule has 0 saturated heterocycles. The third kappa shape index (κ3) is 5.39. The minimum atomic E-state index is -1.00. The minimum Gasteiger partial charge on any atom is -0.495 e. The molecule has 0 aliphatic heterocycles. The zero-order valence-electron chi connectivity index (χ0n) is 16.6. The van der Waals surface area contributed by atoms with Crippen LogP contribution in [-0.4, -0.2) is 38.3 Å². The highest BCUT2D eigenvalue weighted by molar-refractivity contribution is 5.98. The monoisotopic (exact) mass is 387 g/mol. The third-order valence-electron chi connectivity index (χ3n) is 3.78. The first-order valence-corrected chi connectivity index (χ1v) is 8.85. The van der Waals surface area contributed by atoms with Crippen molar-refractivity contribution in [1.29, 1.82) is 0 Å². The number of hydrogen-bond donors (Lipinski definition) is 1. The Morgan fingerprint density at radius 3 is 2.21 bits per heavy atom. The molecule has 0 radical (unpaired) electrons. The minimum absolute atomic E-state index is 0.0367. The number of nitrogens with one attached hydrogen (secondary N) is 1. The predicted molar refractivity (Wildman–Crippen MR) is 105 cm³/mol. The van der Waals surface area contributed by atoms with Crippen molar-refractivity contribution in [2.75, 3.05) is 19.5 Å². The largest absolute Gasteiger partial charge is 0.495 e. The van der Waals surface area contributed by atoms with Gasteiger partial charge in [0.1, 0.15) is 5.75 Å². The Bertz CT molecular complexity index is 833. The Balaban J connectivity index is 2.06. The van der Waals surface area contributed by atoms with Gasteiger partial charge < -0.3 is 24.3 Å². The van der Waals surface area contributed by atoms with Crippen LogP contribution in [0.15, 0.2) is 42.5 Å². The molecule has 2 aromatic carbocycles. The van der Waals surface area contributed by atoms with E-state index in [4.69, 9.17) is 18.9 Å². The average molecular weight is 387 g/mol. The fourth-order valence-corrected chi connectivity index (χ4v) is 2.41. The summed E-state index contributed by atoms with van der Waals surface area (Å²) in [6.45, 7) is 5.28. The molecule has 7 nitrogen and oxygen atoms in total. The van der Waals surface area contributed by atoms with Gasteiger partial charge in [0.15, 0.2) is 17.6 Å². The second-order valence-corrected chi connectivity index (χ2v) is 6.27. The molecule has 0 bridgehead atoms. The number of ether oxygens (including phenoxy) is 4. The Morgan fingerprint density at radius 1 is 0.893 bits per heavy atom. The molecule has 150 valence electrons. The lowest BCUT2D eigenvalue weighted by Crippen LogP contribution is -2.30. The van der Waals surface area contributed by atoms with Gasteiger partial charge in [-0.25, -0.2) is 4.79 Å². The summed E-state index contributed by atoms with van der Waals surface area (Å²) < 4.78 is 21.4. The van der Waals surface area contributed by atoms with Gasteiger partial charge in [0.25, 0.3) is 5.91 Å². The van der Waals surface area contributed by atoms with E-state index in [1.165, 1.54) is 27.2 Å². The molecule has 0 fully saturated rings.